The van der Waals surface area contributed by atoms with Gasteiger partial charge in [-0.1, -0.05) is 36.4 Å². The number of methoxy groups -OCH3 is 2. The summed E-state index contributed by atoms with van der Waals surface area (Å²) in [4.78, 5) is 17.8. The van der Waals surface area contributed by atoms with Gasteiger partial charge in [0.2, 0.25) is 0 Å². The molecular formula is C23H21N3O3. The number of hydrogen-bond donors (Lipinski definition) is 1. The topological polar surface area (TPSA) is 64.9 Å². The molecule has 0 spiro atoms. The van der Waals surface area contributed by atoms with E-state index < -0.39 is 0 Å². The van der Waals surface area contributed by atoms with Crippen LogP contribution < -0.4 is 14.8 Å². The van der Waals surface area contributed by atoms with E-state index >= 15 is 0 Å². The zero-order valence-electron chi connectivity index (χ0n) is 16.5. The smallest absolute Gasteiger partial charge is 0.257 e. The Balaban J connectivity index is 1.81. The van der Waals surface area contributed by atoms with Crippen molar-refractivity contribution in [1.29, 1.82) is 0 Å². The Kier molecular flexibility index (Phi) is 4.91. The zero-order chi connectivity index (χ0) is 20.4. The molecule has 0 aliphatic carbocycles. The standard InChI is InChI=1S/C23H21N3O3/c1-15-9-10-20-24-21(16-7-5-4-6-8-16)22(26(20)14-15)25-23(27)17-11-18(28-2)13-19(12-17)29-3/h4-14H,1-3H3,(H,25,27). The maximum Gasteiger partial charge on any atom is 0.257 e. The summed E-state index contributed by atoms with van der Waals surface area (Å²) in [5.74, 6) is 1.43. The van der Waals surface area contributed by atoms with Crippen LogP contribution in [0.1, 0.15) is 15.9 Å². The van der Waals surface area contributed by atoms with E-state index in [-0.39, 0.29) is 5.91 Å². The van der Waals surface area contributed by atoms with E-state index in [1.807, 2.05) is 60.0 Å². The lowest BCUT2D eigenvalue weighted by Gasteiger charge is -2.11. The zero-order valence-corrected chi connectivity index (χ0v) is 16.5. The average molecular weight is 387 g/mol. The number of aromatic nitrogens is 2. The van der Waals surface area contributed by atoms with Crippen molar-refractivity contribution >= 4 is 17.4 Å². The normalized spacial score (nSPS) is 10.7. The molecule has 29 heavy (non-hydrogen) atoms. The van der Waals surface area contributed by atoms with Gasteiger partial charge in [0.05, 0.1) is 14.2 Å². The number of ether oxygens (including phenoxy) is 2. The van der Waals surface area contributed by atoms with Gasteiger partial charge in [0.15, 0.2) is 0 Å². The predicted octanol–water partition coefficient (Wildman–Crippen LogP) is 4.58. The van der Waals surface area contributed by atoms with Gasteiger partial charge < -0.3 is 14.8 Å². The lowest BCUT2D eigenvalue weighted by molar-refractivity contribution is 0.102. The van der Waals surface area contributed by atoms with Gasteiger partial charge in [0, 0.05) is 23.4 Å². The van der Waals surface area contributed by atoms with E-state index in [1.165, 1.54) is 0 Å². The van der Waals surface area contributed by atoms with Crippen LogP contribution in [0, 0.1) is 6.92 Å². The summed E-state index contributed by atoms with van der Waals surface area (Å²) in [6, 6.07) is 18.8. The highest BCUT2D eigenvalue weighted by Crippen LogP contribution is 2.30. The predicted molar refractivity (Wildman–Crippen MR) is 113 cm³/mol. The van der Waals surface area contributed by atoms with Crippen LogP contribution >= 0.6 is 0 Å². The van der Waals surface area contributed by atoms with Crippen LogP contribution in [0.4, 0.5) is 5.82 Å². The summed E-state index contributed by atoms with van der Waals surface area (Å²) in [7, 11) is 3.11. The number of aryl methyl sites for hydroxylation is 1. The molecule has 146 valence electrons. The Morgan fingerprint density at radius 1 is 0.966 bits per heavy atom. The van der Waals surface area contributed by atoms with E-state index in [0.717, 1.165) is 16.8 Å². The summed E-state index contributed by atoms with van der Waals surface area (Å²) in [6.45, 7) is 2.00. The van der Waals surface area contributed by atoms with Crippen LogP contribution in [0.5, 0.6) is 11.5 Å². The van der Waals surface area contributed by atoms with Crippen LogP contribution in [-0.4, -0.2) is 29.5 Å². The molecule has 4 aromatic rings. The van der Waals surface area contributed by atoms with Gasteiger partial charge in [-0.3, -0.25) is 9.20 Å². The summed E-state index contributed by atoms with van der Waals surface area (Å²) >= 11 is 0. The van der Waals surface area contributed by atoms with Crippen molar-refractivity contribution in [3.8, 4) is 22.8 Å². The maximum atomic E-state index is 13.1. The summed E-state index contributed by atoms with van der Waals surface area (Å²) in [6.07, 6.45) is 1.95. The third-order valence-corrected chi connectivity index (χ3v) is 4.66. The Morgan fingerprint density at radius 3 is 2.31 bits per heavy atom. The molecule has 0 bridgehead atoms. The Morgan fingerprint density at radius 2 is 1.66 bits per heavy atom. The number of carbonyl (C=O) groups excluding carboxylic acids is 1. The van der Waals surface area contributed by atoms with Gasteiger partial charge in [-0.2, -0.15) is 0 Å². The lowest BCUT2D eigenvalue weighted by atomic mass is 10.1. The second-order valence-electron chi connectivity index (χ2n) is 6.67. The number of anilines is 1. The number of nitrogens with one attached hydrogen (secondary N) is 1. The van der Waals surface area contributed by atoms with Crippen molar-refractivity contribution in [2.75, 3.05) is 19.5 Å². The van der Waals surface area contributed by atoms with Crippen LogP contribution in [0.25, 0.3) is 16.9 Å². The molecule has 0 aliphatic heterocycles. The monoisotopic (exact) mass is 387 g/mol. The number of nitrogens with zero attached hydrogens (tertiary/aromatic N) is 2. The summed E-state index contributed by atoms with van der Waals surface area (Å²) in [5.41, 5.74) is 3.88. The average Bonchev–Trinajstić information content (AvgIpc) is 3.11. The van der Waals surface area contributed by atoms with Crippen molar-refractivity contribution < 1.29 is 14.3 Å². The van der Waals surface area contributed by atoms with Crippen LogP contribution in [0.15, 0.2) is 66.9 Å². The van der Waals surface area contributed by atoms with Gasteiger partial charge >= 0.3 is 0 Å². The van der Waals surface area contributed by atoms with E-state index in [0.29, 0.717) is 28.6 Å². The van der Waals surface area contributed by atoms with Gasteiger partial charge in [-0.05, 0) is 30.7 Å². The first-order chi connectivity index (χ1) is 14.1. The third kappa shape index (κ3) is 3.65. The molecule has 1 N–H and O–H groups in total. The number of benzene rings is 2. The van der Waals surface area contributed by atoms with E-state index in [4.69, 9.17) is 14.5 Å². The minimum absolute atomic E-state index is 0.275. The molecule has 6 nitrogen and oxygen atoms in total. The molecule has 1 amide bonds. The van der Waals surface area contributed by atoms with Crippen molar-refractivity contribution in [3.63, 3.8) is 0 Å². The molecule has 4 rings (SSSR count). The minimum atomic E-state index is -0.275. The molecular weight excluding hydrogens is 366 g/mol. The van der Waals surface area contributed by atoms with Crippen molar-refractivity contribution in [1.82, 2.24) is 9.38 Å². The van der Waals surface area contributed by atoms with Gasteiger partial charge in [0.25, 0.3) is 5.91 Å². The first-order valence-corrected chi connectivity index (χ1v) is 9.17. The fraction of sp³-hybridized carbons (Fsp3) is 0.130. The Hall–Kier alpha value is -3.80. The van der Waals surface area contributed by atoms with Gasteiger partial charge in [0.1, 0.15) is 28.7 Å². The van der Waals surface area contributed by atoms with Crippen LogP contribution in [-0.2, 0) is 0 Å². The molecule has 2 aromatic heterocycles. The van der Waals surface area contributed by atoms with Crippen LogP contribution in [0.2, 0.25) is 0 Å². The second-order valence-corrected chi connectivity index (χ2v) is 6.67. The number of hydrogen-bond acceptors (Lipinski definition) is 4. The molecule has 0 saturated heterocycles. The van der Waals surface area contributed by atoms with Crippen LogP contribution in [0.3, 0.4) is 0 Å². The largest absolute Gasteiger partial charge is 0.497 e. The number of pyridine rings is 1. The second kappa shape index (κ2) is 7.67. The molecule has 2 heterocycles. The fourth-order valence-electron chi connectivity index (χ4n) is 3.19. The van der Waals surface area contributed by atoms with Crippen molar-refractivity contribution in [2.24, 2.45) is 0 Å². The van der Waals surface area contributed by atoms with E-state index in [1.54, 1.807) is 32.4 Å². The minimum Gasteiger partial charge on any atom is -0.497 e. The third-order valence-electron chi connectivity index (χ3n) is 4.66. The number of carbonyl (C=O) groups is 1. The molecule has 6 heteroatoms. The number of imidazole rings is 1. The lowest BCUT2D eigenvalue weighted by Crippen LogP contribution is -2.14. The molecule has 0 atom stereocenters. The van der Waals surface area contributed by atoms with E-state index in [9.17, 15) is 4.79 Å². The van der Waals surface area contributed by atoms with Crippen molar-refractivity contribution in [2.45, 2.75) is 6.92 Å². The van der Waals surface area contributed by atoms with Crippen molar-refractivity contribution in [3.05, 3.63) is 78.0 Å². The maximum absolute atomic E-state index is 13.1. The molecule has 0 saturated carbocycles. The molecule has 0 unspecified atom stereocenters. The highest BCUT2D eigenvalue weighted by atomic mass is 16.5. The number of rotatable bonds is 5. The first kappa shape index (κ1) is 18.6. The fourth-order valence-corrected chi connectivity index (χ4v) is 3.19. The van der Waals surface area contributed by atoms with Gasteiger partial charge in [-0.25, -0.2) is 4.98 Å². The first-order valence-electron chi connectivity index (χ1n) is 9.17. The molecule has 0 aliphatic rings. The van der Waals surface area contributed by atoms with E-state index in [2.05, 4.69) is 5.32 Å². The quantitative estimate of drug-likeness (QED) is 0.544. The molecule has 0 fully saturated rings. The Labute approximate surface area is 168 Å². The SMILES string of the molecule is COc1cc(OC)cc(C(=O)Nc2c(-c3ccccc3)nc3ccc(C)cn23)c1. The summed E-state index contributed by atoms with van der Waals surface area (Å²) < 4.78 is 12.5. The highest BCUT2D eigenvalue weighted by Gasteiger charge is 2.18. The van der Waals surface area contributed by atoms with Gasteiger partial charge in [-0.15, -0.1) is 0 Å². The summed E-state index contributed by atoms with van der Waals surface area (Å²) in [5, 5.41) is 3.03. The molecule has 0 radical (unpaired) electrons. The Bertz CT molecular complexity index is 1160. The number of fused-ring (bicyclic) bond motifs is 1. The molecule has 2 aromatic carbocycles. The number of amides is 1. The highest BCUT2D eigenvalue weighted by molar-refractivity contribution is 6.06.